The van der Waals surface area contributed by atoms with E-state index in [1.807, 2.05) is 30.5 Å². The fraction of sp³-hybridized carbons (Fsp3) is 0.333. The molecule has 0 aliphatic carbocycles. The summed E-state index contributed by atoms with van der Waals surface area (Å²) in [6.07, 6.45) is 5.61. The van der Waals surface area contributed by atoms with E-state index < -0.39 is 12.0 Å². The first-order chi connectivity index (χ1) is 10.1. The van der Waals surface area contributed by atoms with E-state index in [9.17, 15) is 9.59 Å². The van der Waals surface area contributed by atoms with Crippen molar-refractivity contribution in [2.75, 3.05) is 19.1 Å². The van der Waals surface area contributed by atoms with Crippen LogP contribution in [0.2, 0.25) is 0 Å². The molecule has 1 amide bonds. The Labute approximate surface area is 137 Å². The first-order valence-corrected chi connectivity index (χ1v) is 8.56. The Morgan fingerprint density at radius 1 is 1.38 bits per heavy atom. The van der Waals surface area contributed by atoms with Gasteiger partial charge in [-0.3, -0.25) is 4.79 Å². The summed E-state index contributed by atoms with van der Waals surface area (Å²) >= 11 is 4.96. The Balaban J connectivity index is 2.60. The third-order valence-electron chi connectivity index (χ3n) is 2.71. The number of halogens is 1. The lowest BCUT2D eigenvalue weighted by Crippen LogP contribution is -2.41. The van der Waals surface area contributed by atoms with E-state index in [2.05, 4.69) is 21.2 Å². The molecule has 1 aromatic rings. The molecule has 1 atom stereocenters. The quantitative estimate of drug-likeness (QED) is 0.591. The number of benzene rings is 1. The largest absolute Gasteiger partial charge is 0.467 e. The molecule has 4 nitrogen and oxygen atoms in total. The molecule has 0 saturated heterocycles. The van der Waals surface area contributed by atoms with Gasteiger partial charge in [0.15, 0.2) is 0 Å². The number of nitrogens with one attached hydrogen (secondary N) is 1. The molecule has 0 radical (unpaired) electrons. The van der Waals surface area contributed by atoms with Crippen LogP contribution in [0.5, 0.6) is 0 Å². The lowest BCUT2D eigenvalue weighted by Gasteiger charge is -2.14. The van der Waals surface area contributed by atoms with Crippen LogP contribution in [0.15, 0.2) is 34.8 Å². The van der Waals surface area contributed by atoms with Crippen molar-refractivity contribution in [1.82, 2.24) is 5.32 Å². The fourth-order valence-electron chi connectivity index (χ4n) is 1.59. The second kappa shape index (κ2) is 9.63. The number of amides is 1. The smallest absolute Gasteiger partial charge is 0.328 e. The molecule has 21 heavy (non-hydrogen) atoms. The van der Waals surface area contributed by atoms with Crippen LogP contribution in [0.4, 0.5) is 0 Å². The van der Waals surface area contributed by atoms with Crippen LogP contribution in [-0.2, 0) is 14.3 Å². The Hall–Kier alpha value is -1.27. The zero-order valence-corrected chi connectivity index (χ0v) is 14.4. The molecule has 0 aromatic heterocycles. The maximum absolute atomic E-state index is 11.9. The summed E-state index contributed by atoms with van der Waals surface area (Å²) < 4.78 is 5.67. The number of methoxy groups -OCH3 is 1. The molecule has 0 saturated carbocycles. The lowest BCUT2D eigenvalue weighted by atomic mass is 10.2. The van der Waals surface area contributed by atoms with Gasteiger partial charge in [-0.25, -0.2) is 4.79 Å². The number of rotatable bonds is 7. The van der Waals surface area contributed by atoms with E-state index >= 15 is 0 Å². The Bertz CT molecular complexity index is 502. The number of hydrogen-bond donors (Lipinski definition) is 1. The topological polar surface area (TPSA) is 55.4 Å². The second-order valence-electron chi connectivity index (χ2n) is 4.25. The van der Waals surface area contributed by atoms with Crippen molar-refractivity contribution in [2.24, 2.45) is 0 Å². The van der Waals surface area contributed by atoms with Crippen molar-refractivity contribution in [3.05, 3.63) is 40.4 Å². The number of carbonyl (C=O) groups excluding carboxylic acids is 2. The minimum absolute atomic E-state index is 0.311. The predicted molar refractivity (Wildman–Crippen MR) is 90.1 cm³/mol. The van der Waals surface area contributed by atoms with Crippen molar-refractivity contribution in [3.63, 3.8) is 0 Å². The van der Waals surface area contributed by atoms with E-state index in [4.69, 9.17) is 4.74 Å². The predicted octanol–water partition coefficient (Wildman–Crippen LogP) is 2.87. The normalized spacial score (nSPS) is 12.1. The van der Waals surface area contributed by atoms with E-state index in [0.29, 0.717) is 6.42 Å². The third kappa shape index (κ3) is 6.82. The fourth-order valence-corrected chi connectivity index (χ4v) is 2.33. The number of esters is 1. The number of hydrogen-bond acceptors (Lipinski definition) is 4. The number of ether oxygens (including phenoxy) is 1. The summed E-state index contributed by atoms with van der Waals surface area (Å²) in [4.78, 5) is 23.4. The van der Waals surface area contributed by atoms with Gasteiger partial charge in [-0.05, 0) is 42.2 Å². The zero-order valence-electron chi connectivity index (χ0n) is 12.0. The van der Waals surface area contributed by atoms with Crippen LogP contribution in [-0.4, -0.2) is 37.0 Å². The molecule has 0 unspecified atom stereocenters. The zero-order chi connectivity index (χ0) is 15.7. The van der Waals surface area contributed by atoms with Crippen molar-refractivity contribution >= 4 is 45.6 Å². The summed E-state index contributed by atoms with van der Waals surface area (Å²) in [5.41, 5.74) is 0.909. The van der Waals surface area contributed by atoms with Crippen molar-refractivity contribution in [2.45, 2.75) is 12.5 Å². The van der Waals surface area contributed by atoms with E-state index in [1.54, 1.807) is 17.8 Å². The van der Waals surface area contributed by atoms with E-state index in [1.165, 1.54) is 13.2 Å². The van der Waals surface area contributed by atoms with Gasteiger partial charge in [0.1, 0.15) is 6.04 Å². The number of thioether (sulfide) groups is 1. The molecule has 0 heterocycles. The molecule has 114 valence electrons. The highest BCUT2D eigenvalue weighted by Gasteiger charge is 2.19. The van der Waals surface area contributed by atoms with Gasteiger partial charge in [0, 0.05) is 10.5 Å². The summed E-state index contributed by atoms with van der Waals surface area (Å²) in [5, 5.41) is 2.66. The highest BCUT2D eigenvalue weighted by molar-refractivity contribution is 9.10. The summed E-state index contributed by atoms with van der Waals surface area (Å²) in [6, 6.07) is 6.96. The molecule has 0 aliphatic heterocycles. The second-order valence-corrected chi connectivity index (χ2v) is 6.15. The highest BCUT2D eigenvalue weighted by Crippen LogP contribution is 2.11. The molecule has 0 fully saturated rings. The summed E-state index contributed by atoms with van der Waals surface area (Å²) in [7, 11) is 1.32. The minimum Gasteiger partial charge on any atom is -0.467 e. The standard InChI is InChI=1S/C15H18BrNO3S/c1-20-15(19)13(9-10-21-2)17-14(18)8-5-11-3-6-12(16)7-4-11/h3-8,13H,9-10H2,1-2H3,(H,17,18)/b8-5+/t13-/m1/s1. The minimum atomic E-state index is -0.607. The molecule has 6 heteroatoms. The third-order valence-corrected chi connectivity index (χ3v) is 3.88. The van der Waals surface area contributed by atoms with Gasteiger partial charge >= 0.3 is 5.97 Å². The van der Waals surface area contributed by atoms with Crippen LogP contribution in [0.1, 0.15) is 12.0 Å². The monoisotopic (exact) mass is 371 g/mol. The maximum Gasteiger partial charge on any atom is 0.328 e. The Morgan fingerprint density at radius 3 is 2.62 bits per heavy atom. The van der Waals surface area contributed by atoms with Crippen LogP contribution < -0.4 is 5.32 Å². The molecule has 1 aromatic carbocycles. The average molecular weight is 372 g/mol. The molecule has 1 N–H and O–H groups in total. The van der Waals surface area contributed by atoms with Crippen molar-refractivity contribution in [3.8, 4) is 0 Å². The molecule has 0 aliphatic rings. The molecule has 0 bridgehead atoms. The van der Waals surface area contributed by atoms with Gasteiger partial charge in [-0.1, -0.05) is 28.1 Å². The lowest BCUT2D eigenvalue weighted by molar-refractivity contribution is -0.144. The van der Waals surface area contributed by atoms with Crippen molar-refractivity contribution < 1.29 is 14.3 Å². The van der Waals surface area contributed by atoms with Crippen LogP contribution in [0, 0.1) is 0 Å². The maximum atomic E-state index is 11.9. The van der Waals surface area contributed by atoms with Gasteiger partial charge < -0.3 is 10.1 Å². The average Bonchev–Trinajstić information content (AvgIpc) is 2.50. The van der Waals surface area contributed by atoms with Gasteiger partial charge in [-0.15, -0.1) is 0 Å². The van der Waals surface area contributed by atoms with E-state index in [-0.39, 0.29) is 5.91 Å². The Morgan fingerprint density at radius 2 is 2.05 bits per heavy atom. The first kappa shape index (κ1) is 17.8. The van der Waals surface area contributed by atoms with Gasteiger partial charge in [0.05, 0.1) is 7.11 Å². The number of carbonyl (C=O) groups is 2. The van der Waals surface area contributed by atoms with Crippen LogP contribution in [0.25, 0.3) is 6.08 Å². The Kier molecular flexibility index (Phi) is 8.15. The van der Waals surface area contributed by atoms with Gasteiger partial charge in [0.25, 0.3) is 0 Å². The first-order valence-electron chi connectivity index (χ1n) is 6.37. The summed E-state index contributed by atoms with van der Waals surface area (Å²) in [6.45, 7) is 0. The molecule has 1 rings (SSSR count). The molecular formula is C15H18BrNO3S. The highest BCUT2D eigenvalue weighted by atomic mass is 79.9. The van der Waals surface area contributed by atoms with Crippen LogP contribution >= 0.6 is 27.7 Å². The van der Waals surface area contributed by atoms with Crippen molar-refractivity contribution in [1.29, 1.82) is 0 Å². The summed E-state index contributed by atoms with van der Waals surface area (Å²) in [5.74, 6) is 0.0417. The van der Waals surface area contributed by atoms with Gasteiger partial charge in [-0.2, -0.15) is 11.8 Å². The molecular weight excluding hydrogens is 354 g/mol. The van der Waals surface area contributed by atoms with Crippen LogP contribution in [0.3, 0.4) is 0 Å². The molecule has 0 spiro atoms. The van der Waals surface area contributed by atoms with Gasteiger partial charge in [0.2, 0.25) is 5.91 Å². The van der Waals surface area contributed by atoms with E-state index in [0.717, 1.165) is 15.8 Å². The SMILES string of the molecule is COC(=O)[C@@H](CCSC)NC(=O)/C=C/c1ccc(Br)cc1.